The molecule has 0 bridgehead atoms. The number of methoxy groups -OCH3 is 1. The number of amides is 6. The first kappa shape index (κ1) is 90.4. The third kappa shape index (κ3) is 36.6. The van der Waals surface area contributed by atoms with Crippen LogP contribution in [0.2, 0.25) is 0 Å². The summed E-state index contributed by atoms with van der Waals surface area (Å²) in [7, 11) is 1.51. The van der Waals surface area contributed by atoms with E-state index in [9.17, 15) is 89.1 Å². The Morgan fingerprint density at radius 3 is 1.24 bits per heavy atom. The molecule has 0 aliphatic carbocycles. The highest BCUT2D eigenvalue weighted by Gasteiger charge is 2.46. The van der Waals surface area contributed by atoms with E-state index in [0.717, 1.165) is 0 Å². The number of rotatable bonds is 57. The van der Waals surface area contributed by atoms with E-state index in [1.165, 1.54) is 14.0 Å². The Morgan fingerprint density at radius 2 is 0.782 bits per heavy atom. The largest absolute Gasteiger partial charge is 0.394 e. The number of aliphatic hydroxyl groups is 9. The minimum atomic E-state index is -1.44. The molecule has 16 atom stereocenters. The van der Waals surface area contributed by atoms with Crippen LogP contribution in [0.3, 0.4) is 0 Å². The molecule has 3 saturated heterocycles. The molecular formula is C69H123N7O25. The molecule has 0 spiro atoms. The molecule has 3 heterocycles. The lowest BCUT2D eigenvalue weighted by Gasteiger charge is -2.42. The van der Waals surface area contributed by atoms with E-state index in [4.69, 9.17) is 33.2 Å². The molecule has 0 aromatic rings. The number of carbonyl (C=O) groups excluding carboxylic acids is 9. The average molecular weight is 1450 g/mol. The standard InChI is InChI=1S/C69H123N7O25/c1-45-61(89)63(91)52(42-77)99-67(45)96-36-17-5-8-26-56(85)71-33-16-13-25-51(83)50(24-12-15-32-72-58(87)29-20-23-48(81)30-39-95-4)76(41-59(88)74-35-21-34-73-57(86)28-9-6-18-37-97-68-46(2)62(90)64(92)53(43-78)100-68)40-49(82)22-11-14-31-70-55(84)27-10-7-19-38-98-69-60(75-47(3)80)66(94)65(93)54(44-79)101-69/h45-46,50,52-54,60-69,77-79,89-94H,5-44H2,1-4H3,(H,70,84)(H,71,85)(H,72,87)(H,73,86)(H,74,88)(H,75,80). The van der Waals surface area contributed by atoms with Gasteiger partial charge >= 0.3 is 0 Å². The number of hydrogen-bond acceptors (Lipinski definition) is 26. The molecule has 32 nitrogen and oxygen atoms in total. The van der Waals surface area contributed by atoms with Gasteiger partial charge in [-0.25, -0.2) is 0 Å². The molecule has 3 aliphatic heterocycles. The monoisotopic (exact) mass is 1450 g/mol. The summed E-state index contributed by atoms with van der Waals surface area (Å²) in [6, 6.07) is -1.96. The third-order valence-electron chi connectivity index (χ3n) is 18.2. The van der Waals surface area contributed by atoms with Gasteiger partial charge < -0.3 is 111 Å². The van der Waals surface area contributed by atoms with Gasteiger partial charge in [0, 0.05) is 130 Å². The van der Waals surface area contributed by atoms with E-state index in [2.05, 4.69) is 31.9 Å². The Kier molecular flexibility index (Phi) is 47.4. The van der Waals surface area contributed by atoms with Crippen molar-refractivity contribution < 1.29 is 122 Å². The number of aliphatic hydroxyl groups excluding tert-OH is 9. The molecular weight excluding hydrogens is 1330 g/mol. The van der Waals surface area contributed by atoms with Crippen molar-refractivity contribution >= 4 is 52.8 Å². The molecule has 0 aromatic carbocycles. The lowest BCUT2D eigenvalue weighted by atomic mass is 9.92. The van der Waals surface area contributed by atoms with Gasteiger partial charge in [-0.15, -0.1) is 0 Å². The van der Waals surface area contributed by atoms with Crippen molar-refractivity contribution in [3.63, 3.8) is 0 Å². The van der Waals surface area contributed by atoms with Crippen molar-refractivity contribution in [3.8, 4) is 0 Å². The van der Waals surface area contributed by atoms with E-state index in [-0.39, 0.29) is 158 Å². The first-order chi connectivity index (χ1) is 48.5. The lowest BCUT2D eigenvalue weighted by molar-refractivity contribution is -0.282. The molecule has 0 saturated carbocycles. The SMILES string of the molecule is COCCC(=O)CCCC(=O)NCCCCC(C(=O)CCCCNC(=O)CCCCCOC1OC(CO)C(O)C(O)C1C)N(CC(=O)CCCCNC(=O)CCCCCOC1OC(CO)C(O)C(O)C1NC(C)=O)CC(=O)NCCCNC(=O)CCCCCOC1OC(CO)C(O)C(O)C1C. The van der Waals surface area contributed by atoms with Crippen molar-refractivity contribution in [1.29, 1.82) is 0 Å². The van der Waals surface area contributed by atoms with Crippen LogP contribution >= 0.6 is 0 Å². The number of ketones is 3. The van der Waals surface area contributed by atoms with Crippen LogP contribution in [0.1, 0.15) is 188 Å². The molecule has 16 unspecified atom stereocenters. The number of unbranched alkanes of at least 4 members (excludes halogenated alkanes) is 9. The Labute approximate surface area is 594 Å². The number of Topliss-reactive ketones (excluding diaryl/α,β-unsaturated/α-hetero) is 3. The second-order valence-corrected chi connectivity index (χ2v) is 26.7. The van der Waals surface area contributed by atoms with Crippen molar-refractivity contribution in [3.05, 3.63) is 0 Å². The summed E-state index contributed by atoms with van der Waals surface area (Å²) in [6.45, 7) is 4.84. The van der Waals surface area contributed by atoms with Crippen LogP contribution in [0.5, 0.6) is 0 Å². The molecule has 3 aliphatic rings. The molecule has 584 valence electrons. The zero-order chi connectivity index (χ0) is 74.5. The fourth-order valence-electron chi connectivity index (χ4n) is 12.0. The summed E-state index contributed by atoms with van der Waals surface area (Å²) < 4.78 is 39.1. The highest BCUT2D eigenvalue weighted by atomic mass is 16.7. The van der Waals surface area contributed by atoms with Crippen molar-refractivity contribution in [2.45, 2.75) is 274 Å². The van der Waals surface area contributed by atoms with Crippen molar-refractivity contribution in [2.24, 2.45) is 11.8 Å². The summed E-state index contributed by atoms with van der Waals surface area (Å²) in [5.41, 5.74) is 0. The molecule has 3 fully saturated rings. The van der Waals surface area contributed by atoms with Crippen LogP contribution in [0.4, 0.5) is 0 Å². The summed E-state index contributed by atoms with van der Waals surface area (Å²) in [6.07, 6.45) is -2.98. The quantitative estimate of drug-likeness (QED) is 0.0321. The Bertz CT molecular complexity index is 2380. The minimum Gasteiger partial charge on any atom is -0.394 e. The maximum absolute atomic E-state index is 14.4. The van der Waals surface area contributed by atoms with E-state index < -0.39 is 129 Å². The van der Waals surface area contributed by atoms with E-state index in [0.29, 0.717) is 122 Å². The molecule has 15 N–H and O–H groups in total. The summed E-state index contributed by atoms with van der Waals surface area (Å²) in [5.74, 6) is -3.20. The van der Waals surface area contributed by atoms with Gasteiger partial charge in [-0.1, -0.05) is 33.1 Å². The number of carbonyl (C=O) groups is 9. The molecule has 101 heavy (non-hydrogen) atoms. The zero-order valence-electron chi connectivity index (χ0n) is 60.0. The maximum atomic E-state index is 14.4. The summed E-state index contributed by atoms with van der Waals surface area (Å²) in [5, 5.41) is 107. The molecule has 0 aromatic heterocycles. The van der Waals surface area contributed by atoms with E-state index >= 15 is 0 Å². The van der Waals surface area contributed by atoms with Crippen LogP contribution in [-0.4, -0.2) is 289 Å². The first-order valence-electron chi connectivity index (χ1n) is 36.6. The van der Waals surface area contributed by atoms with Gasteiger partial charge in [-0.05, 0) is 96.3 Å². The van der Waals surface area contributed by atoms with Crippen LogP contribution in [0, 0.1) is 11.8 Å². The zero-order valence-corrected chi connectivity index (χ0v) is 60.0. The van der Waals surface area contributed by atoms with E-state index in [1.807, 2.05) is 0 Å². The molecule has 32 heteroatoms. The van der Waals surface area contributed by atoms with Crippen LogP contribution in [-0.2, 0) is 76.3 Å². The second kappa shape index (κ2) is 53.0. The summed E-state index contributed by atoms with van der Waals surface area (Å²) in [4.78, 5) is 119. The Morgan fingerprint density at radius 1 is 0.396 bits per heavy atom. The molecule has 3 rings (SSSR count). The fraction of sp³-hybridized carbons (Fsp3) is 0.870. The smallest absolute Gasteiger partial charge is 0.234 e. The fourth-order valence-corrected chi connectivity index (χ4v) is 12.0. The predicted molar refractivity (Wildman–Crippen MR) is 364 cm³/mol. The molecule has 0 radical (unpaired) electrons. The highest BCUT2D eigenvalue weighted by molar-refractivity contribution is 5.88. The number of hydrogen-bond donors (Lipinski definition) is 15. The highest BCUT2D eigenvalue weighted by Crippen LogP contribution is 2.29. The number of nitrogens with zero attached hydrogens (tertiary/aromatic N) is 1. The van der Waals surface area contributed by atoms with Gasteiger partial charge in [0.25, 0.3) is 0 Å². The van der Waals surface area contributed by atoms with Crippen LogP contribution in [0.15, 0.2) is 0 Å². The number of nitrogens with one attached hydrogen (secondary N) is 6. The lowest BCUT2D eigenvalue weighted by Crippen LogP contribution is -2.64. The molecule has 6 amide bonds. The van der Waals surface area contributed by atoms with E-state index in [1.54, 1.807) is 18.7 Å². The normalized spacial score (nSPS) is 25.4. The topological polar surface area (TPSA) is 476 Å². The van der Waals surface area contributed by atoms with Crippen LogP contribution in [0.25, 0.3) is 0 Å². The van der Waals surface area contributed by atoms with Gasteiger partial charge in [0.05, 0.1) is 57.8 Å². The summed E-state index contributed by atoms with van der Waals surface area (Å²) >= 11 is 0. The van der Waals surface area contributed by atoms with Gasteiger partial charge in [-0.2, -0.15) is 0 Å². The van der Waals surface area contributed by atoms with Gasteiger partial charge in [-0.3, -0.25) is 48.1 Å². The second-order valence-electron chi connectivity index (χ2n) is 26.7. The average Bonchev–Trinajstić information content (AvgIpc) is 0.823. The predicted octanol–water partition coefficient (Wildman–Crippen LogP) is -1.12. The Hall–Kier alpha value is -4.85. The van der Waals surface area contributed by atoms with Crippen LogP contribution < -0.4 is 31.9 Å². The number of ether oxygens (including phenoxy) is 7. The van der Waals surface area contributed by atoms with Crippen molar-refractivity contribution in [2.75, 3.05) is 99.2 Å². The maximum Gasteiger partial charge on any atom is 0.234 e. The third-order valence-corrected chi connectivity index (χ3v) is 18.2. The minimum absolute atomic E-state index is 0.000279. The van der Waals surface area contributed by atoms with Gasteiger partial charge in [0.15, 0.2) is 18.9 Å². The Balaban J connectivity index is 1.57. The van der Waals surface area contributed by atoms with Gasteiger partial charge in [0.1, 0.15) is 66.1 Å². The van der Waals surface area contributed by atoms with Gasteiger partial charge in [0.2, 0.25) is 35.4 Å². The van der Waals surface area contributed by atoms with Crippen molar-refractivity contribution in [1.82, 2.24) is 36.8 Å². The first-order valence-corrected chi connectivity index (χ1v) is 36.6.